The molecule has 0 bridgehead atoms. The van der Waals surface area contributed by atoms with E-state index in [4.69, 9.17) is 19.2 Å². The maximum absolute atomic E-state index is 5.64. The molecule has 174 valence electrons. The summed E-state index contributed by atoms with van der Waals surface area (Å²) in [7, 11) is 7.42. The van der Waals surface area contributed by atoms with Gasteiger partial charge in [0.15, 0.2) is 17.5 Å². The van der Waals surface area contributed by atoms with Crippen LogP contribution in [0.1, 0.15) is 38.8 Å². The number of rotatable bonds is 13. The van der Waals surface area contributed by atoms with Gasteiger partial charge in [0, 0.05) is 26.3 Å². The summed E-state index contributed by atoms with van der Waals surface area (Å²) < 4.78 is 16.4. The van der Waals surface area contributed by atoms with Gasteiger partial charge in [0.05, 0.1) is 26.8 Å². The van der Waals surface area contributed by atoms with Gasteiger partial charge in [-0.1, -0.05) is 19.9 Å². The number of ether oxygens (including phenoxy) is 3. The maximum Gasteiger partial charge on any atom is 0.191 e. The monoisotopic (exact) mass is 536 g/mol. The fourth-order valence-corrected chi connectivity index (χ4v) is 2.85. The summed E-state index contributed by atoms with van der Waals surface area (Å²) in [5.41, 5.74) is 1.13. The van der Waals surface area contributed by atoms with Gasteiger partial charge >= 0.3 is 0 Å². The van der Waals surface area contributed by atoms with Crippen LogP contribution in [0.2, 0.25) is 0 Å². The van der Waals surface area contributed by atoms with E-state index in [0.717, 1.165) is 55.7 Å². The highest BCUT2D eigenvalue weighted by molar-refractivity contribution is 14.0. The molecule has 1 aromatic rings. The van der Waals surface area contributed by atoms with Crippen LogP contribution < -0.4 is 20.1 Å². The smallest absolute Gasteiger partial charge is 0.191 e. The summed E-state index contributed by atoms with van der Waals surface area (Å²) >= 11 is 0. The molecule has 0 amide bonds. The van der Waals surface area contributed by atoms with Crippen molar-refractivity contribution < 1.29 is 14.2 Å². The lowest BCUT2D eigenvalue weighted by Crippen LogP contribution is -2.38. The second-order valence-electron chi connectivity index (χ2n) is 7.56. The molecule has 1 unspecified atom stereocenters. The van der Waals surface area contributed by atoms with E-state index < -0.39 is 0 Å². The molecule has 0 aliphatic rings. The van der Waals surface area contributed by atoms with Crippen LogP contribution in [-0.2, 0) is 4.74 Å². The molecule has 1 atom stereocenters. The number of hydrogen-bond acceptors (Lipinski definition) is 5. The van der Waals surface area contributed by atoms with Crippen molar-refractivity contribution in [3.8, 4) is 11.5 Å². The summed E-state index contributed by atoms with van der Waals surface area (Å²) in [4.78, 5) is 6.96. The van der Waals surface area contributed by atoms with Gasteiger partial charge in [-0.05, 0) is 51.1 Å². The minimum atomic E-state index is 0. The Morgan fingerprint density at radius 3 is 2.37 bits per heavy atom. The summed E-state index contributed by atoms with van der Waals surface area (Å²) in [6.45, 7) is 10.2. The van der Waals surface area contributed by atoms with E-state index >= 15 is 0 Å². The van der Waals surface area contributed by atoms with Gasteiger partial charge in [-0.25, -0.2) is 0 Å². The van der Waals surface area contributed by atoms with Crippen LogP contribution in [0.3, 0.4) is 0 Å². The Labute approximate surface area is 200 Å². The first-order chi connectivity index (χ1) is 13.9. The topological polar surface area (TPSA) is 67.4 Å². The number of methoxy groups -OCH3 is 2. The molecule has 0 saturated carbocycles. The third-order valence-corrected chi connectivity index (χ3v) is 4.39. The zero-order chi connectivity index (χ0) is 21.6. The molecule has 2 N–H and O–H groups in total. The van der Waals surface area contributed by atoms with E-state index in [1.807, 2.05) is 12.1 Å². The molecule has 0 saturated heterocycles. The highest BCUT2D eigenvalue weighted by Crippen LogP contribution is 2.31. The molecule has 1 aromatic carbocycles. The molecule has 0 aliphatic carbocycles. The fraction of sp³-hybridized carbons (Fsp3) is 0.682. The van der Waals surface area contributed by atoms with Crippen molar-refractivity contribution in [1.82, 2.24) is 15.5 Å². The van der Waals surface area contributed by atoms with Crippen LogP contribution in [0.25, 0.3) is 0 Å². The van der Waals surface area contributed by atoms with Crippen molar-refractivity contribution in [2.75, 3.05) is 61.2 Å². The average Bonchev–Trinajstić information content (AvgIpc) is 2.69. The first-order valence-corrected chi connectivity index (χ1v) is 10.4. The number of nitrogens with zero attached hydrogens (tertiary/aromatic N) is 2. The van der Waals surface area contributed by atoms with Crippen LogP contribution in [0.15, 0.2) is 23.2 Å². The standard InChI is InChI=1S/C22H40N4O3.HI/c1-8-23-22(24-12-9-13-29-16-17(2)3)25-15-19(26(4)5)18-10-11-20(27-6)21(14-18)28-7;/h10-11,14,17,19H,8-9,12-13,15-16H2,1-7H3,(H2,23,24,25);1H. The van der Waals surface area contributed by atoms with Crippen molar-refractivity contribution in [2.45, 2.75) is 33.2 Å². The molecule has 7 nitrogen and oxygen atoms in total. The molecular formula is C22H41IN4O3. The zero-order valence-electron chi connectivity index (χ0n) is 19.7. The lowest BCUT2D eigenvalue weighted by atomic mass is 10.1. The Bertz CT molecular complexity index is 612. The van der Waals surface area contributed by atoms with Crippen LogP contribution in [0.5, 0.6) is 11.5 Å². The second-order valence-corrected chi connectivity index (χ2v) is 7.56. The van der Waals surface area contributed by atoms with E-state index in [-0.39, 0.29) is 30.0 Å². The molecule has 0 aromatic heterocycles. The van der Waals surface area contributed by atoms with E-state index in [2.05, 4.69) is 56.5 Å². The molecule has 0 heterocycles. The molecular weight excluding hydrogens is 495 g/mol. The predicted molar refractivity (Wildman–Crippen MR) is 136 cm³/mol. The number of nitrogens with one attached hydrogen (secondary N) is 2. The first-order valence-electron chi connectivity index (χ1n) is 10.4. The van der Waals surface area contributed by atoms with Gasteiger partial charge in [0.1, 0.15) is 0 Å². The van der Waals surface area contributed by atoms with Crippen molar-refractivity contribution >= 4 is 29.9 Å². The fourth-order valence-electron chi connectivity index (χ4n) is 2.85. The average molecular weight is 536 g/mol. The lowest BCUT2D eigenvalue weighted by Gasteiger charge is -2.24. The number of benzene rings is 1. The number of halogens is 1. The van der Waals surface area contributed by atoms with Crippen LogP contribution in [0.4, 0.5) is 0 Å². The van der Waals surface area contributed by atoms with Gasteiger partial charge in [-0.2, -0.15) is 0 Å². The Kier molecular flexibility index (Phi) is 15.7. The Balaban J connectivity index is 0.00000841. The van der Waals surface area contributed by atoms with E-state index in [9.17, 15) is 0 Å². The van der Waals surface area contributed by atoms with Gasteiger partial charge in [0.2, 0.25) is 0 Å². The van der Waals surface area contributed by atoms with Gasteiger partial charge in [-0.3, -0.25) is 4.99 Å². The summed E-state index contributed by atoms with van der Waals surface area (Å²) in [6, 6.07) is 6.15. The van der Waals surface area contributed by atoms with E-state index in [1.54, 1.807) is 14.2 Å². The lowest BCUT2D eigenvalue weighted by molar-refractivity contribution is 0.108. The summed E-state index contributed by atoms with van der Waals surface area (Å²) in [6.07, 6.45) is 0.948. The molecule has 30 heavy (non-hydrogen) atoms. The first kappa shape index (κ1) is 28.7. The largest absolute Gasteiger partial charge is 0.493 e. The number of aliphatic imine (C=N–C) groups is 1. The van der Waals surface area contributed by atoms with Crippen molar-refractivity contribution in [3.05, 3.63) is 23.8 Å². The van der Waals surface area contributed by atoms with Crippen LogP contribution in [-0.4, -0.2) is 72.0 Å². The minimum Gasteiger partial charge on any atom is -0.493 e. The minimum absolute atomic E-state index is 0. The highest BCUT2D eigenvalue weighted by atomic mass is 127. The molecule has 8 heteroatoms. The third kappa shape index (κ3) is 10.7. The van der Waals surface area contributed by atoms with E-state index in [1.165, 1.54) is 0 Å². The highest BCUT2D eigenvalue weighted by Gasteiger charge is 2.16. The second kappa shape index (κ2) is 16.4. The molecule has 1 rings (SSSR count). The normalized spacial score (nSPS) is 12.5. The van der Waals surface area contributed by atoms with Crippen LogP contribution >= 0.6 is 24.0 Å². The maximum atomic E-state index is 5.64. The summed E-state index contributed by atoms with van der Waals surface area (Å²) in [5.74, 6) is 2.85. The third-order valence-electron chi connectivity index (χ3n) is 4.39. The molecule has 0 spiro atoms. The zero-order valence-corrected chi connectivity index (χ0v) is 22.0. The molecule has 0 aliphatic heterocycles. The Hall–Kier alpha value is -1.26. The number of guanidine groups is 1. The molecule has 0 radical (unpaired) electrons. The molecule has 0 fully saturated rings. The van der Waals surface area contributed by atoms with Crippen molar-refractivity contribution in [2.24, 2.45) is 10.9 Å². The van der Waals surface area contributed by atoms with Gasteiger partial charge in [0.25, 0.3) is 0 Å². The van der Waals surface area contributed by atoms with Crippen LogP contribution in [0, 0.1) is 5.92 Å². The SMILES string of the molecule is CCNC(=NCC(c1ccc(OC)c(OC)c1)N(C)C)NCCCOCC(C)C.I. The van der Waals surface area contributed by atoms with E-state index in [0.29, 0.717) is 12.5 Å². The number of hydrogen-bond donors (Lipinski definition) is 2. The van der Waals surface area contributed by atoms with Crippen molar-refractivity contribution in [1.29, 1.82) is 0 Å². The quantitative estimate of drug-likeness (QED) is 0.174. The number of likely N-dealkylation sites (N-methyl/N-ethyl adjacent to an activating group) is 1. The Morgan fingerprint density at radius 1 is 1.10 bits per heavy atom. The van der Waals surface area contributed by atoms with Crippen molar-refractivity contribution in [3.63, 3.8) is 0 Å². The van der Waals surface area contributed by atoms with Gasteiger partial charge in [-0.15, -0.1) is 24.0 Å². The summed E-state index contributed by atoms with van der Waals surface area (Å²) in [5, 5.41) is 6.70. The predicted octanol–water partition coefficient (Wildman–Crippen LogP) is 3.54. The Morgan fingerprint density at radius 2 is 1.80 bits per heavy atom. The van der Waals surface area contributed by atoms with Gasteiger partial charge < -0.3 is 29.7 Å².